The van der Waals surface area contributed by atoms with E-state index in [0.29, 0.717) is 18.7 Å². The van der Waals surface area contributed by atoms with Gasteiger partial charge in [-0.2, -0.15) is 0 Å². The number of amides is 1. The molecule has 1 aromatic carbocycles. The molecular formula is C18H25FN2O2. The summed E-state index contributed by atoms with van der Waals surface area (Å²) in [5.74, 6) is -0.0531. The van der Waals surface area contributed by atoms with Gasteiger partial charge in [-0.25, -0.2) is 4.39 Å². The summed E-state index contributed by atoms with van der Waals surface area (Å²) in [7, 11) is 1.71. The van der Waals surface area contributed by atoms with Crippen molar-refractivity contribution in [2.45, 2.75) is 37.7 Å². The molecule has 0 bridgehead atoms. The number of hydrogen-bond acceptors (Lipinski definition) is 3. The van der Waals surface area contributed by atoms with Crippen molar-refractivity contribution in [3.8, 4) is 0 Å². The first-order chi connectivity index (χ1) is 11.2. The third-order valence-electron chi connectivity index (χ3n) is 5.09. The number of nitrogens with one attached hydrogen (secondary N) is 1. The van der Waals surface area contributed by atoms with Gasteiger partial charge in [0.2, 0.25) is 0 Å². The van der Waals surface area contributed by atoms with Gasteiger partial charge in [0.25, 0.3) is 5.91 Å². The molecule has 2 fully saturated rings. The van der Waals surface area contributed by atoms with E-state index in [-0.39, 0.29) is 23.7 Å². The van der Waals surface area contributed by atoms with Crippen LogP contribution in [0.4, 0.5) is 4.39 Å². The fourth-order valence-electron chi connectivity index (χ4n) is 3.60. The highest BCUT2D eigenvalue weighted by Crippen LogP contribution is 2.28. The molecule has 0 atom stereocenters. The zero-order chi connectivity index (χ0) is 16.2. The highest BCUT2D eigenvalue weighted by Gasteiger charge is 2.25. The Bertz CT molecular complexity index is 550. The number of piperidine rings is 2. The maximum absolute atomic E-state index is 14.5. The Morgan fingerprint density at radius 1 is 1.22 bits per heavy atom. The Hall–Kier alpha value is -1.46. The van der Waals surface area contributed by atoms with Crippen molar-refractivity contribution in [1.29, 1.82) is 0 Å². The minimum absolute atomic E-state index is 0.0738. The Balaban J connectivity index is 1.68. The summed E-state index contributed by atoms with van der Waals surface area (Å²) >= 11 is 0. The summed E-state index contributed by atoms with van der Waals surface area (Å²) in [5.41, 5.74) is 1.21. The average Bonchev–Trinajstić information content (AvgIpc) is 2.62. The molecule has 23 heavy (non-hydrogen) atoms. The second-order valence-electron chi connectivity index (χ2n) is 6.49. The van der Waals surface area contributed by atoms with Crippen LogP contribution in [0.2, 0.25) is 0 Å². The molecule has 2 heterocycles. The van der Waals surface area contributed by atoms with Crippen molar-refractivity contribution < 1.29 is 13.9 Å². The predicted molar refractivity (Wildman–Crippen MR) is 87.2 cm³/mol. The Kier molecular flexibility index (Phi) is 5.28. The van der Waals surface area contributed by atoms with Crippen LogP contribution in [0.3, 0.4) is 0 Å². The molecule has 126 valence electrons. The molecule has 1 amide bonds. The van der Waals surface area contributed by atoms with Crippen LogP contribution >= 0.6 is 0 Å². The third kappa shape index (κ3) is 3.72. The second-order valence-corrected chi connectivity index (χ2v) is 6.49. The molecule has 3 rings (SSSR count). The summed E-state index contributed by atoms with van der Waals surface area (Å²) in [6.07, 6.45) is 3.83. The number of nitrogens with zero attached hydrogens (tertiary/aromatic N) is 1. The van der Waals surface area contributed by atoms with Crippen molar-refractivity contribution in [3.05, 3.63) is 35.1 Å². The third-order valence-corrected chi connectivity index (χ3v) is 5.09. The Morgan fingerprint density at radius 2 is 1.91 bits per heavy atom. The van der Waals surface area contributed by atoms with Gasteiger partial charge in [0.1, 0.15) is 5.82 Å². The normalized spacial score (nSPS) is 20.7. The lowest BCUT2D eigenvalue weighted by Gasteiger charge is -2.31. The molecule has 0 spiro atoms. The maximum atomic E-state index is 14.5. The number of carbonyl (C=O) groups is 1. The lowest BCUT2D eigenvalue weighted by molar-refractivity contribution is 0.0350. The van der Waals surface area contributed by atoms with Gasteiger partial charge in [0.15, 0.2) is 0 Å². The highest BCUT2D eigenvalue weighted by molar-refractivity contribution is 5.94. The van der Waals surface area contributed by atoms with Gasteiger partial charge < -0.3 is 15.0 Å². The second kappa shape index (κ2) is 7.41. The molecule has 4 nitrogen and oxygen atoms in total. The number of rotatable bonds is 3. The van der Waals surface area contributed by atoms with Crippen LogP contribution in [0.1, 0.15) is 47.5 Å². The van der Waals surface area contributed by atoms with E-state index in [0.717, 1.165) is 44.3 Å². The number of methoxy groups -OCH3 is 1. The predicted octanol–water partition coefficient (Wildman–Crippen LogP) is 2.54. The summed E-state index contributed by atoms with van der Waals surface area (Å²) in [4.78, 5) is 14.3. The van der Waals surface area contributed by atoms with E-state index in [4.69, 9.17) is 4.74 Å². The van der Waals surface area contributed by atoms with Gasteiger partial charge in [-0.1, -0.05) is 6.07 Å². The quantitative estimate of drug-likeness (QED) is 0.930. The monoisotopic (exact) mass is 320 g/mol. The summed E-state index contributed by atoms with van der Waals surface area (Å²) in [6, 6.07) is 5.01. The lowest BCUT2D eigenvalue weighted by Crippen LogP contribution is -2.40. The van der Waals surface area contributed by atoms with E-state index in [1.165, 1.54) is 6.07 Å². The first kappa shape index (κ1) is 16.4. The first-order valence-electron chi connectivity index (χ1n) is 8.51. The molecular weight excluding hydrogens is 295 g/mol. The smallest absolute Gasteiger partial charge is 0.253 e. The van der Waals surface area contributed by atoms with Crippen molar-refractivity contribution in [2.75, 3.05) is 33.3 Å². The largest absolute Gasteiger partial charge is 0.381 e. The van der Waals surface area contributed by atoms with E-state index in [1.54, 1.807) is 24.1 Å². The number of carbonyl (C=O) groups excluding carboxylic acids is 1. The number of hydrogen-bond donors (Lipinski definition) is 1. The average molecular weight is 320 g/mol. The molecule has 1 aromatic rings. The summed E-state index contributed by atoms with van der Waals surface area (Å²) in [5, 5.41) is 3.29. The van der Waals surface area contributed by atoms with E-state index in [9.17, 15) is 9.18 Å². The summed E-state index contributed by atoms with van der Waals surface area (Å²) < 4.78 is 19.8. The number of ether oxygens (including phenoxy) is 1. The van der Waals surface area contributed by atoms with Gasteiger partial charge in [0.05, 0.1) is 6.10 Å². The molecule has 0 radical (unpaired) electrons. The van der Waals surface area contributed by atoms with Gasteiger partial charge in [-0.15, -0.1) is 0 Å². The molecule has 2 aliphatic heterocycles. The Labute approximate surface area is 137 Å². The van der Waals surface area contributed by atoms with Gasteiger partial charge in [-0.3, -0.25) is 4.79 Å². The number of benzene rings is 1. The van der Waals surface area contributed by atoms with Crippen molar-refractivity contribution in [3.63, 3.8) is 0 Å². The van der Waals surface area contributed by atoms with Crippen LogP contribution in [-0.4, -0.2) is 50.2 Å². The molecule has 2 saturated heterocycles. The number of likely N-dealkylation sites (tertiary alicyclic amines) is 1. The Morgan fingerprint density at radius 3 is 2.52 bits per heavy atom. The molecule has 5 heteroatoms. The SMILES string of the molecule is COC1CCN(C(=O)c2ccc(C3CCNCC3)c(F)c2)CC1. The fraction of sp³-hybridized carbons (Fsp3) is 0.611. The van der Waals surface area contributed by atoms with Crippen LogP contribution in [0, 0.1) is 5.82 Å². The van der Waals surface area contributed by atoms with E-state index < -0.39 is 0 Å². The lowest BCUT2D eigenvalue weighted by atomic mass is 9.89. The molecule has 0 unspecified atom stereocenters. The van der Waals surface area contributed by atoms with Gasteiger partial charge >= 0.3 is 0 Å². The number of halogens is 1. The van der Waals surface area contributed by atoms with Crippen LogP contribution in [0.5, 0.6) is 0 Å². The molecule has 0 saturated carbocycles. The van der Waals surface area contributed by atoms with E-state index in [1.807, 2.05) is 0 Å². The van der Waals surface area contributed by atoms with Crippen LogP contribution < -0.4 is 5.32 Å². The highest BCUT2D eigenvalue weighted by atomic mass is 19.1. The standard InChI is InChI=1S/C18H25FN2O2/c1-23-15-6-10-21(11-7-15)18(22)14-2-3-16(17(19)12-14)13-4-8-20-9-5-13/h2-3,12-13,15,20H,4-11H2,1H3. The zero-order valence-electron chi connectivity index (χ0n) is 13.7. The maximum Gasteiger partial charge on any atom is 0.253 e. The van der Waals surface area contributed by atoms with E-state index >= 15 is 0 Å². The van der Waals surface area contributed by atoms with Crippen LogP contribution in [-0.2, 0) is 4.74 Å². The van der Waals surface area contributed by atoms with E-state index in [2.05, 4.69) is 5.32 Å². The van der Waals surface area contributed by atoms with Crippen molar-refractivity contribution in [1.82, 2.24) is 10.2 Å². The van der Waals surface area contributed by atoms with Crippen molar-refractivity contribution in [2.24, 2.45) is 0 Å². The van der Waals surface area contributed by atoms with Crippen LogP contribution in [0.25, 0.3) is 0 Å². The molecule has 0 aliphatic carbocycles. The molecule has 1 N–H and O–H groups in total. The first-order valence-corrected chi connectivity index (χ1v) is 8.51. The van der Waals surface area contributed by atoms with Gasteiger partial charge in [-0.05, 0) is 62.4 Å². The molecule has 0 aromatic heterocycles. The van der Waals surface area contributed by atoms with Crippen LogP contribution in [0.15, 0.2) is 18.2 Å². The minimum Gasteiger partial charge on any atom is -0.381 e. The van der Waals surface area contributed by atoms with Crippen molar-refractivity contribution >= 4 is 5.91 Å². The zero-order valence-corrected chi connectivity index (χ0v) is 13.7. The molecule has 2 aliphatic rings. The van der Waals surface area contributed by atoms with Gasteiger partial charge in [0, 0.05) is 25.8 Å². The topological polar surface area (TPSA) is 41.6 Å². The summed E-state index contributed by atoms with van der Waals surface area (Å²) in [6.45, 7) is 3.21. The minimum atomic E-state index is -0.241. The fourth-order valence-corrected chi connectivity index (χ4v) is 3.60.